The van der Waals surface area contributed by atoms with Crippen molar-refractivity contribution in [2.24, 2.45) is 0 Å². The molecule has 0 aromatic carbocycles. The third-order valence-electron chi connectivity index (χ3n) is 4.44. The molecule has 14 heteroatoms. The van der Waals surface area contributed by atoms with E-state index in [0.29, 0.717) is 15.9 Å². The van der Waals surface area contributed by atoms with Gasteiger partial charge in [0.1, 0.15) is 25.1 Å². The Morgan fingerprint density at radius 2 is 2.36 bits per heavy atom. The molecule has 0 amide bonds. The van der Waals surface area contributed by atoms with Crippen molar-refractivity contribution in [1.29, 1.82) is 0 Å². The van der Waals surface area contributed by atoms with Gasteiger partial charge in [0.25, 0.3) is 0 Å². The first-order valence-electron chi connectivity index (χ1n) is 8.28. The number of hydrogen-bond donors (Lipinski definition) is 1. The Kier molecular flexibility index (Phi) is 5.54. The first-order valence-corrected chi connectivity index (χ1v) is 10.7. The van der Waals surface area contributed by atoms with Crippen LogP contribution in [0.25, 0.3) is 16.0 Å². The third kappa shape index (κ3) is 3.39. The zero-order chi connectivity index (χ0) is 19.9. The average molecular weight is 470 g/mol. The highest BCUT2D eigenvalue weighted by Gasteiger charge is 2.59. The van der Waals surface area contributed by atoms with Crippen molar-refractivity contribution in [2.75, 3.05) is 32.6 Å². The van der Waals surface area contributed by atoms with Gasteiger partial charge in [0.2, 0.25) is 6.54 Å². The number of anilines is 1. The molecule has 2 aliphatic heterocycles. The van der Waals surface area contributed by atoms with Crippen LogP contribution in [-0.2, 0) is 23.0 Å². The summed E-state index contributed by atoms with van der Waals surface area (Å²) in [5, 5.41) is 0. The van der Waals surface area contributed by atoms with Crippen LogP contribution in [0.1, 0.15) is 6.23 Å². The van der Waals surface area contributed by atoms with Crippen LogP contribution in [0.5, 0.6) is 0 Å². The Hall–Kier alpha value is -1.39. The molecular weight excluding hydrogens is 454 g/mol. The minimum absolute atomic E-state index is 0.126. The van der Waals surface area contributed by atoms with Gasteiger partial charge < -0.3 is 20.1 Å². The van der Waals surface area contributed by atoms with Crippen LogP contribution in [0.15, 0.2) is 11.1 Å². The summed E-state index contributed by atoms with van der Waals surface area (Å²) < 4.78 is 31.0. The van der Waals surface area contributed by atoms with Crippen molar-refractivity contribution < 1.29 is 23.0 Å². The van der Waals surface area contributed by atoms with Gasteiger partial charge in [-0.3, -0.25) is 4.57 Å². The van der Waals surface area contributed by atoms with E-state index in [2.05, 4.69) is 35.7 Å². The van der Waals surface area contributed by atoms with E-state index in [-0.39, 0.29) is 25.6 Å². The Morgan fingerprint density at radius 3 is 3.11 bits per heavy atom. The van der Waals surface area contributed by atoms with Crippen molar-refractivity contribution in [2.45, 2.75) is 24.5 Å². The molecule has 146 valence electrons. The minimum Gasteiger partial charge on any atom is -0.382 e. The van der Waals surface area contributed by atoms with Gasteiger partial charge in [0.05, 0.1) is 0 Å². The molecule has 2 saturated heterocycles. The fourth-order valence-corrected chi connectivity index (χ4v) is 5.24. The van der Waals surface area contributed by atoms with Gasteiger partial charge in [-0.05, 0) is 15.9 Å². The van der Waals surface area contributed by atoms with Crippen molar-refractivity contribution in [3.63, 3.8) is 0 Å². The monoisotopic (exact) mass is 469 g/mol. The van der Waals surface area contributed by atoms with Gasteiger partial charge in [0.15, 0.2) is 40.7 Å². The van der Waals surface area contributed by atoms with E-state index in [4.69, 9.17) is 42.9 Å². The molecule has 0 bridgehead atoms. The molecule has 0 spiro atoms. The number of nitrogens with zero attached hydrogens (tertiary/aromatic N) is 5. The maximum atomic E-state index is 6.83. The van der Waals surface area contributed by atoms with Gasteiger partial charge in [0, 0.05) is 7.11 Å². The van der Waals surface area contributed by atoms with Crippen LogP contribution in [0.4, 0.5) is 5.82 Å². The molecule has 2 N–H and O–H groups in total. The SMILES string of the molecule is [B][P+]1(OCC[N+]#[C-])OC[C@H]2O[C@@H](n3c(Br)nc4c(N)ncnc43)C(OC)[C@H]2O1. The molecule has 2 aromatic heterocycles. The summed E-state index contributed by atoms with van der Waals surface area (Å²) in [6.45, 7) is 7.30. The predicted octanol–water partition coefficient (Wildman–Crippen LogP) is 1.28. The first kappa shape index (κ1) is 19.9. The second-order valence-corrected chi connectivity index (χ2v) is 8.58. The molecule has 0 saturated carbocycles. The molecule has 4 heterocycles. The standard InChI is InChI=1S/C14H16BBrN6O5P/c1-18-3-4-24-28(15)25-5-7-9(27-28)10(23-2)13(26-7)22-12-8(21-14(22)16)11(17)19-6-20-12/h6-7,9-10,13H,3-5H2,2H3,(H2,17,19,20)/q+1/t7-,9+,10?,13-,28?/m1/s1. The number of imidazole rings is 1. The van der Waals surface area contributed by atoms with E-state index in [1.165, 1.54) is 6.33 Å². The highest BCUT2D eigenvalue weighted by atomic mass is 79.9. The zero-order valence-electron chi connectivity index (χ0n) is 14.8. The molecule has 2 aliphatic rings. The Morgan fingerprint density at radius 1 is 1.54 bits per heavy atom. The quantitative estimate of drug-likeness (QED) is 0.227. The van der Waals surface area contributed by atoms with Gasteiger partial charge in [-0.1, -0.05) is 0 Å². The van der Waals surface area contributed by atoms with Crippen molar-refractivity contribution >= 4 is 48.3 Å². The molecule has 4 rings (SSSR count). The Labute approximate surface area is 170 Å². The molecule has 2 fully saturated rings. The smallest absolute Gasteiger partial charge is 0.382 e. The highest BCUT2D eigenvalue weighted by molar-refractivity contribution is 9.10. The van der Waals surface area contributed by atoms with E-state index in [0.717, 1.165) is 0 Å². The number of nitrogen functional groups attached to an aromatic ring is 1. The van der Waals surface area contributed by atoms with E-state index in [9.17, 15) is 0 Å². The number of hydrogen-bond acceptors (Lipinski definition) is 9. The Balaban J connectivity index is 1.63. The molecule has 2 unspecified atom stereocenters. The maximum absolute atomic E-state index is 6.83. The van der Waals surface area contributed by atoms with Crippen LogP contribution in [-0.4, -0.2) is 72.3 Å². The number of nitrogens with two attached hydrogens (primary N) is 1. The summed E-state index contributed by atoms with van der Waals surface area (Å²) >= 11 is 3.42. The molecule has 5 atom stereocenters. The Bertz CT molecular complexity index is 929. The van der Waals surface area contributed by atoms with Crippen LogP contribution in [0.2, 0.25) is 0 Å². The molecule has 2 radical (unpaired) electrons. The van der Waals surface area contributed by atoms with Gasteiger partial charge in [-0.25, -0.2) is 21.5 Å². The van der Waals surface area contributed by atoms with E-state index in [1.807, 2.05) is 0 Å². The summed E-state index contributed by atoms with van der Waals surface area (Å²) in [6, 6.07) is 0. The van der Waals surface area contributed by atoms with Crippen LogP contribution < -0.4 is 5.73 Å². The molecular formula is C14H16BBrN6O5P+. The summed E-state index contributed by atoms with van der Waals surface area (Å²) in [6.07, 6.45) is -0.760. The number of aromatic nitrogens is 4. The van der Waals surface area contributed by atoms with Crippen LogP contribution >= 0.6 is 23.8 Å². The largest absolute Gasteiger partial charge is 0.488 e. The number of methoxy groups -OCH3 is 1. The number of rotatable bonds is 5. The zero-order valence-corrected chi connectivity index (χ0v) is 17.2. The third-order valence-corrected chi connectivity index (χ3v) is 6.58. The van der Waals surface area contributed by atoms with Crippen LogP contribution in [0.3, 0.4) is 0 Å². The highest BCUT2D eigenvalue weighted by Crippen LogP contribution is 2.63. The van der Waals surface area contributed by atoms with Crippen molar-refractivity contribution in [1.82, 2.24) is 19.5 Å². The second-order valence-electron chi connectivity index (χ2n) is 6.07. The fraction of sp³-hybridized carbons (Fsp3) is 0.571. The summed E-state index contributed by atoms with van der Waals surface area (Å²) in [5.74, 6) is 0.258. The average Bonchev–Trinajstić information content (AvgIpc) is 3.18. The van der Waals surface area contributed by atoms with Gasteiger partial charge in [-0.2, -0.15) is 13.6 Å². The summed E-state index contributed by atoms with van der Waals surface area (Å²) in [4.78, 5) is 15.8. The first-order chi connectivity index (χ1) is 13.5. The maximum Gasteiger partial charge on any atom is 0.488 e. The lowest BCUT2D eigenvalue weighted by atomic mass is 10.1. The molecule has 11 nitrogen and oxygen atoms in total. The van der Waals surface area contributed by atoms with E-state index < -0.39 is 32.4 Å². The number of ether oxygens (including phenoxy) is 2. The molecule has 2 aromatic rings. The lowest BCUT2D eigenvalue weighted by Gasteiger charge is -2.31. The topological polar surface area (TPSA) is 120 Å². The molecule has 0 aliphatic carbocycles. The van der Waals surface area contributed by atoms with Crippen molar-refractivity contribution in [3.05, 3.63) is 22.5 Å². The second kappa shape index (κ2) is 7.80. The number of halogens is 1. The van der Waals surface area contributed by atoms with Gasteiger partial charge >= 0.3 is 15.4 Å². The summed E-state index contributed by atoms with van der Waals surface area (Å²) in [7, 11) is 4.62. The van der Waals surface area contributed by atoms with E-state index >= 15 is 0 Å². The van der Waals surface area contributed by atoms with Crippen molar-refractivity contribution in [3.8, 4) is 0 Å². The van der Waals surface area contributed by atoms with Crippen LogP contribution in [0, 0.1) is 6.57 Å². The predicted molar refractivity (Wildman–Crippen MR) is 103 cm³/mol. The lowest BCUT2D eigenvalue weighted by Crippen LogP contribution is -2.42. The van der Waals surface area contributed by atoms with Gasteiger partial charge in [-0.15, -0.1) is 0 Å². The lowest BCUT2D eigenvalue weighted by molar-refractivity contribution is -0.0644. The minimum atomic E-state index is -3.07. The van der Waals surface area contributed by atoms with E-state index in [1.54, 1.807) is 11.7 Å². The summed E-state index contributed by atoms with van der Waals surface area (Å²) in [5.41, 5.74) is 6.84. The number of fused-ring (bicyclic) bond motifs is 2. The normalized spacial score (nSPS) is 32.3. The molecule has 28 heavy (non-hydrogen) atoms. The fourth-order valence-electron chi connectivity index (χ4n) is 3.21.